The predicted octanol–water partition coefficient (Wildman–Crippen LogP) is 1.54. The molecule has 1 saturated carbocycles. The molecular weight excluding hydrogens is 252 g/mol. The summed E-state index contributed by atoms with van der Waals surface area (Å²) in [7, 11) is 0. The minimum atomic E-state index is 0.119. The molecule has 94 valence electrons. The minimum absolute atomic E-state index is 0.119. The highest BCUT2D eigenvalue weighted by Gasteiger charge is 2.28. The van der Waals surface area contributed by atoms with Crippen LogP contribution in [0.25, 0.3) is 0 Å². The maximum Gasteiger partial charge on any atom is 0.223 e. The summed E-state index contributed by atoms with van der Waals surface area (Å²) in [6.07, 6.45) is 2.00. The van der Waals surface area contributed by atoms with Gasteiger partial charge in [-0.05, 0) is 25.0 Å². The van der Waals surface area contributed by atoms with Crippen LogP contribution in [-0.2, 0) is 4.79 Å². The van der Waals surface area contributed by atoms with E-state index in [1.807, 2.05) is 6.07 Å². The van der Waals surface area contributed by atoms with Gasteiger partial charge in [0.1, 0.15) is 11.0 Å². The monoisotopic (exact) mass is 264 g/mol. The lowest BCUT2D eigenvalue weighted by Gasteiger charge is -2.07. The normalized spacial score (nSPS) is 13.8. The molecule has 0 aliphatic heterocycles. The van der Waals surface area contributed by atoms with Gasteiger partial charge in [0.15, 0.2) is 0 Å². The van der Waals surface area contributed by atoms with Crippen LogP contribution < -0.4 is 10.6 Å². The van der Waals surface area contributed by atoms with Gasteiger partial charge in [-0.2, -0.15) is 5.26 Å². The SMILES string of the molecule is N#Cc1cc(Cl)nc(NCCNC(=O)C2CC2)c1. The van der Waals surface area contributed by atoms with Gasteiger partial charge in [-0.25, -0.2) is 4.98 Å². The Morgan fingerprint density at radius 1 is 1.50 bits per heavy atom. The van der Waals surface area contributed by atoms with E-state index in [1.165, 1.54) is 6.07 Å². The van der Waals surface area contributed by atoms with Crippen LogP contribution in [0.4, 0.5) is 5.82 Å². The number of amides is 1. The number of carbonyl (C=O) groups excluding carboxylic acids is 1. The Kier molecular flexibility index (Phi) is 4.00. The number of nitrogens with zero attached hydrogens (tertiary/aromatic N) is 2. The smallest absolute Gasteiger partial charge is 0.223 e. The molecule has 0 unspecified atom stereocenters. The number of halogens is 1. The molecule has 0 bridgehead atoms. The molecule has 18 heavy (non-hydrogen) atoms. The van der Waals surface area contributed by atoms with Crippen LogP contribution in [0.15, 0.2) is 12.1 Å². The highest BCUT2D eigenvalue weighted by molar-refractivity contribution is 6.29. The van der Waals surface area contributed by atoms with Crippen LogP contribution in [0.2, 0.25) is 5.15 Å². The van der Waals surface area contributed by atoms with E-state index in [4.69, 9.17) is 16.9 Å². The number of nitriles is 1. The molecule has 1 aromatic rings. The third-order valence-electron chi connectivity index (χ3n) is 2.60. The van der Waals surface area contributed by atoms with Crippen LogP contribution in [0, 0.1) is 17.2 Å². The third-order valence-corrected chi connectivity index (χ3v) is 2.80. The van der Waals surface area contributed by atoms with E-state index in [1.54, 1.807) is 6.07 Å². The van der Waals surface area contributed by atoms with E-state index in [2.05, 4.69) is 15.6 Å². The Hall–Kier alpha value is -1.80. The Bertz CT molecular complexity index is 493. The van der Waals surface area contributed by atoms with Crippen molar-refractivity contribution in [2.45, 2.75) is 12.8 Å². The van der Waals surface area contributed by atoms with Gasteiger partial charge in [0.05, 0.1) is 11.6 Å². The molecule has 1 amide bonds. The summed E-state index contributed by atoms with van der Waals surface area (Å²) < 4.78 is 0. The highest BCUT2D eigenvalue weighted by atomic mass is 35.5. The van der Waals surface area contributed by atoms with Crippen molar-refractivity contribution >= 4 is 23.3 Å². The first-order valence-electron chi connectivity index (χ1n) is 5.78. The summed E-state index contributed by atoms with van der Waals surface area (Å²) in [6, 6.07) is 5.13. The summed E-state index contributed by atoms with van der Waals surface area (Å²) in [4.78, 5) is 15.4. The van der Waals surface area contributed by atoms with Crippen LogP contribution in [0.3, 0.4) is 0 Å². The molecular formula is C12H13ClN4O. The lowest BCUT2D eigenvalue weighted by molar-refractivity contribution is -0.122. The lowest BCUT2D eigenvalue weighted by Crippen LogP contribution is -2.29. The maximum atomic E-state index is 11.4. The molecule has 1 aliphatic rings. The van der Waals surface area contributed by atoms with E-state index in [-0.39, 0.29) is 17.0 Å². The third kappa shape index (κ3) is 3.60. The number of pyridine rings is 1. The number of rotatable bonds is 5. The van der Waals surface area contributed by atoms with E-state index in [0.29, 0.717) is 24.5 Å². The fourth-order valence-corrected chi connectivity index (χ4v) is 1.73. The van der Waals surface area contributed by atoms with Gasteiger partial charge < -0.3 is 10.6 Å². The fraction of sp³-hybridized carbons (Fsp3) is 0.417. The standard InChI is InChI=1S/C12H13ClN4O/c13-10-5-8(7-14)6-11(17-10)15-3-4-16-12(18)9-1-2-9/h5-6,9H,1-4H2,(H,15,17)(H,16,18). The summed E-state index contributed by atoms with van der Waals surface area (Å²) in [6.45, 7) is 1.09. The number of anilines is 1. The summed E-state index contributed by atoms with van der Waals surface area (Å²) in [5.74, 6) is 0.882. The van der Waals surface area contributed by atoms with Crippen molar-refractivity contribution in [3.63, 3.8) is 0 Å². The van der Waals surface area contributed by atoms with Crippen LogP contribution >= 0.6 is 11.6 Å². The van der Waals surface area contributed by atoms with Crippen LogP contribution in [0.1, 0.15) is 18.4 Å². The number of hydrogen-bond donors (Lipinski definition) is 2. The summed E-state index contributed by atoms with van der Waals surface area (Å²) in [5.41, 5.74) is 0.458. The lowest BCUT2D eigenvalue weighted by atomic mass is 10.3. The Morgan fingerprint density at radius 3 is 2.94 bits per heavy atom. The predicted molar refractivity (Wildman–Crippen MR) is 68.2 cm³/mol. The number of aromatic nitrogens is 1. The van der Waals surface area contributed by atoms with Gasteiger partial charge in [0.2, 0.25) is 5.91 Å². The van der Waals surface area contributed by atoms with Gasteiger partial charge in [-0.15, -0.1) is 0 Å². The summed E-state index contributed by atoms with van der Waals surface area (Å²) in [5, 5.41) is 14.9. The molecule has 6 heteroatoms. The topological polar surface area (TPSA) is 77.8 Å². The number of nitrogens with one attached hydrogen (secondary N) is 2. The Balaban J connectivity index is 1.77. The second kappa shape index (κ2) is 5.69. The van der Waals surface area contributed by atoms with Crippen molar-refractivity contribution in [1.82, 2.24) is 10.3 Å². The zero-order valence-electron chi connectivity index (χ0n) is 9.74. The molecule has 0 aromatic carbocycles. The van der Waals surface area contributed by atoms with Crippen molar-refractivity contribution in [1.29, 1.82) is 5.26 Å². The van der Waals surface area contributed by atoms with Gasteiger partial charge in [-0.3, -0.25) is 4.79 Å². The first-order valence-corrected chi connectivity index (χ1v) is 6.16. The van der Waals surface area contributed by atoms with E-state index in [9.17, 15) is 4.79 Å². The average Bonchev–Trinajstić information content (AvgIpc) is 3.17. The molecule has 1 heterocycles. The molecule has 5 nitrogen and oxygen atoms in total. The van der Waals surface area contributed by atoms with Crippen LogP contribution in [-0.4, -0.2) is 24.0 Å². The molecule has 0 radical (unpaired) electrons. The van der Waals surface area contributed by atoms with E-state index >= 15 is 0 Å². The average molecular weight is 265 g/mol. The van der Waals surface area contributed by atoms with Gasteiger partial charge in [0.25, 0.3) is 0 Å². The van der Waals surface area contributed by atoms with Gasteiger partial charge >= 0.3 is 0 Å². The molecule has 1 aliphatic carbocycles. The first-order chi connectivity index (χ1) is 8.69. The van der Waals surface area contributed by atoms with Crippen molar-refractivity contribution in [3.05, 3.63) is 22.8 Å². The van der Waals surface area contributed by atoms with Crippen molar-refractivity contribution < 1.29 is 4.79 Å². The van der Waals surface area contributed by atoms with Crippen molar-refractivity contribution in [2.75, 3.05) is 18.4 Å². The zero-order valence-corrected chi connectivity index (χ0v) is 10.5. The maximum absolute atomic E-state index is 11.4. The summed E-state index contributed by atoms with van der Waals surface area (Å²) >= 11 is 5.77. The van der Waals surface area contributed by atoms with Crippen molar-refractivity contribution in [2.24, 2.45) is 5.92 Å². The Labute approximate surface area is 110 Å². The molecule has 2 N–H and O–H groups in total. The highest BCUT2D eigenvalue weighted by Crippen LogP contribution is 2.28. The van der Waals surface area contributed by atoms with Crippen molar-refractivity contribution in [3.8, 4) is 6.07 Å². The first kappa shape index (κ1) is 12.7. The van der Waals surface area contributed by atoms with Gasteiger partial charge in [0, 0.05) is 19.0 Å². The second-order valence-electron chi connectivity index (χ2n) is 4.17. The number of hydrogen-bond acceptors (Lipinski definition) is 4. The Morgan fingerprint density at radius 2 is 2.28 bits per heavy atom. The second-order valence-corrected chi connectivity index (χ2v) is 4.55. The van der Waals surface area contributed by atoms with Gasteiger partial charge in [-0.1, -0.05) is 11.6 Å². The molecule has 0 saturated heterocycles. The minimum Gasteiger partial charge on any atom is -0.368 e. The molecule has 1 fully saturated rings. The largest absolute Gasteiger partial charge is 0.368 e. The quantitative estimate of drug-likeness (QED) is 0.625. The molecule has 1 aromatic heterocycles. The molecule has 0 atom stereocenters. The van der Waals surface area contributed by atoms with E-state index in [0.717, 1.165) is 12.8 Å². The number of carbonyl (C=O) groups is 1. The van der Waals surface area contributed by atoms with Crippen LogP contribution in [0.5, 0.6) is 0 Å². The molecule has 0 spiro atoms. The zero-order chi connectivity index (χ0) is 13.0. The fourth-order valence-electron chi connectivity index (χ4n) is 1.52. The van der Waals surface area contributed by atoms with E-state index < -0.39 is 0 Å². The molecule has 2 rings (SSSR count).